The molecule has 3 nitrogen and oxygen atoms in total. The van der Waals surface area contributed by atoms with Crippen molar-refractivity contribution in [2.45, 2.75) is 121 Å². The maximum atomic E-state index is 11.3. The maximum absolute atomic E-state index is 11.3. The van der Waals surface area contributed by atoms with E-state index in [1.54, 1.807) is 6.92 Å². The molecule has 0 heterocycles. The van der Waals surface area contributed by atoms with E-state index < -0.39 is 5.60 Å². The third kappa shape index (κ3) is 15.3. The van der Waals surface area contributed by atoms with Gasteiger partial charge in [-0.15, -0.1) is 0 Å². The fraction of sp³-hybridized carbons (Fsp3) is 0.600. The van der Waals surface area contributed by atoms with Crippen LogP contribution in [0.1, 0.15) is 124 Å². The third-order valence-corrected chi connectivity index (χ3v) is 5.40. The lowest BCUT2D eigenvalue weighted by molar-refractivity contribution is 0.0222. The van der Waals surface area contributed by atoms with Gasteiger partial charge in [-0.05, 0) is 56.1 Å². The van der Waals surface area contributed by atoms with Crippen molar-refractivity contribution in [3.63, 3.8) is 0 Å². The van der Waals surface area contributed by atoms with E-state index in [0.29, 0.717) is 0 Å². The zero-order valence-corrected chi connectivity index (χ0v) is 27.7. The number of benzene rings is 2. The quantitative estimate of drug-likeness (QED) is 0.351. The number of rotatable bonds is 7. The summed E-state index contributed by atoms with van der Waals surface area (Å²) >= 11 is 0. The lowest BCUT2D eigenvalue weighted by atomic mass is 9.87. The zero-order valence-electron chi connectivity index (χ0n) is 27.7. The summed E-state index contributed by atoms with van der Waals surface area (Å²) in [6.45, 7) is 28.7. The highest BCUT2D eigenvalue weighted by Crippen LogP contribution is 2.31. The number of aliphatic hydroxyl groups excluding tert-OH is 1. The molecule has 0 spiro atoms. The van der Waals surface area contributed by atoms with Crippen LogP contribution in [0.5, 0.6) is 0 Å². The molecule has 0 bridgehead atoms. The Kier molecular flexibility index (Phi) is 31.5. The van der Waals surface area contributed by atoms with Crippen LogP contribution in [0.2, 0.25) is 0 Å². The Hall–Kier alpha value is -2.12. The number of hydrogen-bond donors (Lipinski definition) is 2. The molecule has 3 atom stereocenters. The molecule has 2 aromatic carbocycles. The van der Waals surface area contributed by atoms with Crippen LogP contribution in [-0.4, -0.2) is 40.9 Å². The minimum absolute atomic E-state index is 0.0727. The first-order chi connectivity index (χ1) is 18.3. The fourth-order valence-corrected chi connectivity index (χ4v) is 3.63. The lowest BCUT2D eigenvalue weighted by Gasteiger charge is -2.36. The normalized spacial score (nSPS) is 12.2. The Bertz CT molecular complexity index is 819. The second-order valence-corrected chi connectivity index (χ2v) is 7.58. The Labute approximate surface area is 238 Å². The van der Waals surface area contributed by atoms with Gasteiger partial charge in [-0.25, -0.2) is 0 Å². The Morgan fingerprint density at radius 3 is 1.76 bits per heavy atom. The molecule has 0 amide bonds. The van der Waals surface area contributed by atoms with Gasteiger partial charge in [0.25, 0.3) is 0 Å². The van der Waals surface area contributed by atoms with Crippen LogP contribution in [0.25, 0.3) is 0 Å². The summed E-state index contributed by atoms with van der Waals surface area (Å²) in [6, 6.07) is 16.0. The predicted molar refractivity (Wildman–Crippen MR) is 173 cm³/mol. The summed E-state index contributed by atoms with van der Waals surface area (Å²) in [5.41, 5.74) is 3.13. The SMILES string of the molecule is CC.CC.CC.CC.CC.CCc1ccc(C)c([C@@H](C#C[C@@](C)(O)[C@H](c2ccccc2)N(C)CC)CO)c1. The first kappa shape index (κ1) is 43.0. The molecule has 0 saturated heterocycles. The van der Waals surface area contributed by atoms with Crippen LogP contribution in [0.4, 0.5) is 0 Å². The van der Waals surface area contributed by atoms with Gasteiger partial charge in [0.2, 0.25) is 0 Å². The smallest absolute Gasteiger partial charge is 0.142 e. The van der Waals surface area contributed by atoms with Crippen LogP contribution in [0, 0.1) is 18.8 Å². The van der Waals surface area contributed by atoms with E-state index in [2.05, 4.69) is 48.8 Å². The number of aryl methyl sites for hydroxylation is 2. The van der Waals surface area contributed by atoms with Crippen molar-refractivity contribution in [3.05, 3.63) is 70.8 Å². The Morgan fingerprint density at radius 2 is 1.34 bits per heavy atom. The number of aliphatic hydroxyl groups is 2. The van der Waals surface area contributed by atoms with Gasteiger partial charge in [-0.3, -0.25) is 4.90 Å². The molecule has 220 valence electrons. The Balaban J connectivity index is -0.000000517. The van der Waals surface area contributed by atoms with Gasteiger partial charge in [0, 0.05) is 0 Å². The van der Waals surface area contributed by atoms with E-state index in [1.165, 1.54) is 5.56 Å². The van der Waals surface area contributed by atoms with Crippen LogP contribution in [-0.2, 0) is 6.42 Å². The Morgan fingerprint density at radius 1 is 0.842 bits per heavy atom. The first-order valence-corrected chi connectivity index (χ1v) is 15.0. The summed E-state index contributed by atoms with van der Waals surface area (Å²) < 4.78 is 0. The van der Waals surface area contributed by atoms with E-state index in [9.17, 15) is 10.2 Å². The maximum Gasteiger partial charge on any atom is 0.142 e. The summed E-state index contributed by atoms with van der Waals surface area (Å²) in [6.07, 6.45) is 0.938. The molecule has 2 N–H and O–H groups in total. The molecule has 0 radical (unpaired) electrons. The van der Waals surface area contributed by atoms with Crippen molar-refractivity contribution in [1.82, 2.24) is 4.90 Å². The van der Waals surface area contributed by atoms with Gasteiger partial charge < -0.3 is 10.2 Å². The molecule has 0 unspecified atom stereocenters. The van der Waals surface area contributed by atoms with Gasteiger partial charge in [-0.2, -0.15) is 0 Å². The number of nitrogens with zero attached hydrogens (tertiary/aromatic N) is 1. The molecule has 0 aliphatic heterocycles. The first-order valence-electron chi connectivity index (χ1n) is 15.0. The van der Waals surface area contributed by atoms with Crippen LogP contribution in [0.3, 0.4) is 0 Å². The topological polar surface area (TPSA) is 43.7 Å². The lowest BCUT2D eigenvalue weighted by Crippen LogP contribution is -2.41. The van der Waals surface area contributed by atoms with Crippen molar-refractivity contribution in [1.29, 1.82) is 0 Å². The van der Waals surface area contributed by atoms with Gasteiger partial charge >= 0.3 is 0 Å². The molecular formula is C35H63NO2. The monoisotopic (exact) mass is 529 g/mol. The van der Waals surface area contributed by atoms with Crippen molar-refractivity contribution in [3.8, 4) is 11.8 Å². The summed E-state index contributed by atoms with van der Waals surface area (Å²) in [5, 5.41) is 21.3. The van der Waals surface area contributed by atoms with Crippen molar-refractivity contribution < 1.29 is 10.2 Å². The van der Waals surface area contributed by atoms with Gasteiger partial charge in [0.15, 0.2) is 0 Å². The molecule has 0 aliphatic carbocycles. The highest BCUT2D eigenvalue weighted by atomic mass is 16.3. The van der Waals surface area contributed by atoms with Crippen LogP contribution in [0.15, 0.2) is 48.5 Å². The van der Waals surface area contributed by atoms with E-state index in [0.717, 1.165) is 29.7 Å². The highest BCUT2D eigenvalue weighted by Gasteiger charge is 2.34. The third-order valence-electron chi connectivity index (χ3n) is 5.40. The molecule has 38 heavy (non-hydrogen) atoms. The molecule has 0 fully saturated rings. The summed E-state index contributed by atoms with van der Waals surface area (Å²) in [4.78, 5) is 2.10. The van der Waals surface area contributed by atoms with Crippen molar-refractivity contribution in [2.24, 2.45) is 0 Å². The van der Waals surface area contributed by atoms with Crippen molar-refractivity contribution >= 4 is 0 Å². The molecule has 0 saturated carbocycles. The second-order valence-electron chi connectivity index (χ2n) is 7.58. The number of likely N-dealkylation sites (N-methyl/N-ethyl adjacent to an activating group) is 1. The minimum atomic E-state index is -1.25. The minimum Gasteiger partial charge on any atom is -0.395 e. The molecule has 2 rings (SSSR count). The number of hydrogen-bond acceptors (Lipinski definition) is 3. The molecule has 0 aromatic heterocycles. The standard InChI is InChI=1S/C25H33NO2.5C2H6/c1-6-20-14-13-19(3)23(17-20)22(18-27)15-16-25(4,28)24(26(5)7-2)21-11-9-8-10-12-21;5*1-2/h8-14,17,22,24,27-28H,6-7,18H2,1-5H3;5*1-2H3/t22-,24-,25+;;;;;/m0...../s1. The van der Waals surface area contributed by atoms with Crippen LogP contribution >= 0.6 is 0 Å². The summed E-state index contributed by atoms with van der Waals surface area (Å²) in [7, 11) is 1.99. The van der Waals surface area contributed by atoms with E-state index >= 15 is 0 Å². The van der Waals surface area contributed by atoms with Gasteiger partial charge in [-0.1, -0.05) is 143 Å². The highest BCUT2D eigenvalue weighted by molar-refractivity contribution is 5.39. The molecule has 2 aromatic rings. The average Bonchev–Trinajstić information content (AvgIpc) is 2.99. The van der Waals surface area contributed by atoms with Crippen molar-refractivity contribution in [2.75, 3.05) is 20.2 Å². The van der Waals surface area contributed by atoms with Gasteiger partial charge in [0.1, 0.15) is 5.60 Å². The van der Waals surface area contributed by atoms with Gasteiger partial charge in [0.05, 0.1) is 18.6 Å². The van der Waals surface area contributed by atoms with E-state index in [-0.39, 0.29) is 18.6 Å². The van der Waals surface area contributed by atoms with E-state index in [1.807, 2.05) is 114 Å². The largest absolute Gasteiger partial charge is 0.395 e. The fourth-order valence-electron chi connectivity index (χ4n) is 3.63. The molecule has 0 aliphatic rings. The average molecular weight is 530 g/mol. The second kappa shape index (κ2) is 27.9. The molecular weight excluding hydrogens is 466 g/mol. The van der Waals surface area contributed by atoms with Crippen LogP contribution < -0.4 is 0 Å². The molecule has 3 heteroatoms. The predicted octanol–water partition coefficient (Wildman–Crippen LogP) is 9.21. The zero-order chi connectivity index (χ0) is 30.7. The van der Waals surface area contributed by atoms with E-state index in [4.69, 9.17) is 0 Å². The summed E-state index contributed by atoms with van der Waals surface area (Å²) in [5.74, 6) is 5.94.